The average molecular weight is 348 g/mol. The highest BCUT2D eigenvalue weighted by molar-refractivity contribution is 5.95. The predicted octanol–water partition coefficient (Wildman–Crippen LogP) is 3.67. The molecule has 2 heterocycles. The van der Waals surface area contributed by atoms with E-state index < -0.39 is 6.04 Å². The number of fused-ring (bicyclic) bond motifs is 2. The van der Waals surface area contributed by atoms with Crippen LogP contribution >= 0.6 is 0 Å². The molecule has 6 nitrogen and oxygen atoms in total. The lowest BCUT2D eigenvalue weighted by Gasteiger charge is -2.29. The molecule has 0 radical (unpaired) electrons. The molecule has 0 aliphatic carbocycles. The molecule has 1 N–H and O–H groups in total. The second-order valence-electron chi connectivity index (χ2n) is 6.62. The van der Waals surface area contributed by atoms with Gasteiger partial charge in [-0.25, -0.2) is 9.48 Å². The van der Waals surface area contributed by atoms with E-state index >= 15 is 0 Å². The first kappa shape index (κ1) is 16.3. The lowest BCUT2D eigenvalue weighted by Crippen LogP contribution is -2.30. The van der Waals surface area contributed by atoms with Gasteiger partial charge < -0.3 is 10.1 Å². The molecule has 1 aromatic heterocycles. The first-order valence-electron chi connectivity index (χ1n) is 8.62. The molecule has 1 atom stereocenters. The Morgan fingerprint density at radius 1 is 1.19 bits per heavy atom. The van der Waals surface area contributed by atoms with Crippen LogP contribution in [-0.4, -0.2) is 26.8 Å². The van der Waals surface area contributed by atoms with E-state index in [9.17, 15) is 4.79 Å². The third kappa shape index (κ3) is 2.63. The van der Waals surface area contributed by atoms with Crippen molar-refractivity contribution in [3.63, 3.8) is 0 Å². The molecule has 3 aromatic rings. The van der Waals surface area contributed by atoms with Crippen LogP contribution in [0.4, 0.5) is 5.95 Å². The maximum absolute atomic E-state index is 12.9. The number of hydrogen-bond donors (Lipinski definition) is 1. The summed E-state index contributed by atoms with van der Waals surface area (Å²) in [5.41, 5.74) is 2.27. The molecule has 0 saturated carbocycles. The van der Waals surface area contributed by atoms with Crippen molar-refractivity contribution in [2.75, 3.05) is 5.32 Å². The van der Waals surface area contributed by atoms with E-state index in [4.69, 9.17) is 4.74 Å². The monoisotopic (exact) mass is 348 g/mol. The number of rotatable bonds is 3. The zero-order chi connectivity index (χ0) is 18.3. The Kier molecular flexibility index (Phi) is 3.95. The SMILES string of the molecule is CC1=C(C(=O)OC(C)C)[C@H](c2cccc3ccccc23)n2ncnc2N1. The second kappa shape index (κ2) is 6.29. The molecule has 0 fully saturated rings. The maximum Gasteiger partial charge on any atom is 0.338 e. The molecule has 6 heteroatoms. The van der Waals surface area contributed by atoms with Gasteiger partial charge in [0.2, 0.25) is 5.95 Å². The van der Waals surface area contributed by atoms with Gasteiger partial charge in [-0.15, -0.1) is 0 Å². The summed E-state index contributed by atoms with van der Waals surface area (Å²) in [5.74, 6) is 0.269. The molecule has 132 valence electrons. The van der Waals surface area contributed by atoms with Gasteiger partial charge in [-0.2, -0.15) is 10.1 Å². The predicted molar refractivity (Wildman–Crippen MR) is 99.7 cm³/mol. The van der Waals surface area contributed by atoms with Gasteiger partial charge in [0, 0.05) is 5.70 Å². The van der Waals surface area contributed by atoms with E-state index in [0.717, 1.165) is 22.0 Å². The summed E-state index contributed by atoms with van der Waals surface area (Å²) in [6.07, 6.45) is 1.29. The van der Waals surface area contributed by atoms with Crippen LogP contribution in [0.2, 0.25) is 0 Å². The fraction of sp³-hybridized carbons (Fsp3) is 0.250. The molecular formula is C20H20N4O2. The number of carbonyl (C=O) groups is 1. The van der Waals surface area contributed by atoms with Gasteiger partial charge in [-0.05, 0) is 37.1 Å². The van der Waals surface area contributed by atoms with Crippen LogP contribution in [0.25, 0.3) is 10.8 Å². The van der Waals surface area contributed by atoms with E-state index in [1.165, 1.54) is 6.33 Å². The first-order valence-corrected chi connectivity index (χ1v) is 8.62. The zero-order valence-electron chi connectivity index (χ0n) is 14.9. The Bertz CT molecular complexity index is 1010. The van der Waals surface area contributed by atoms with E-state index in [1.54, 1.807) is 4.68 Å². The largest absolute Gasteiger partial charge is 0.459 e. The summed E-state index contributed by atoms with van der Waals surface area (Å²) in [4.78, 5) is 17.2. The lowest BCUT2D eigenvalue weighted by molar-refractivity contribution is -0.143. The minimum atomic E-state index is -0.397. The van der Waals surface area contributed by atoms with Gasteiger partial charge in [0.1, 0.15) is 12.4 Å². The molecule has 2 aromatic carbocycles. The number of nitrogens with one attached hydrogen (secondary N) is 1. The topological polar surface area (TPSA) is 69.0 Å². The van der Waals surface area contributed by atoms with Crippen molar-refractivity contribution in [1.82, 2.24) is 14.8 Å². The minimum Gasteiger partial charge on any atom is -0.459 e. The summed E-state index contributed by atoms with van der Waals surface area (Å²) in [7, 11) is 0. The number of aromatic nitrogens is 3. The third-order valence-electron chi connectivity index (χ3n) is 4.47. The summed E-state index contributed by atoms with van der Waals surface area (Å²) in [6.45, 7) is 5.56. The first-order chi connectivity index (χ1) is 12.6. The highest BCUT2D eigenvalue weighted by Crippen LogP contribution is 2.38. The van der Waals surface area contributed by atoms with Gasteiger partial charge in [-0.1, -0.05) is 42.5 Å². The van der Waals surface area contributed by atoms with Gasteiger partial charge in [0.15, 0.2) is 0 Å². The smallest absolute Gasteiger partial charge is 0.338 e. The van der Waals surface area contributed by atoms with Crippen LogP contribution in [0.15, 0.2) is 60.1 Å². The molecule has 4 rings (SSSR count). The van der Waals surface area contributed by atoms with Crippen molar-refractivity contribution in [3.8, 4) is 0 Å². The number of hydrogen-bond acceptors (Lipinski definition) is 5. The molecule has 1 aliphatic heterocycles. The highest BCUT2D eigenvalue weighted by atomic mass is 16.5. The summed E-state index contributed by atoms with van der Waals surface area (Å²) < 4.78 is 7.26. The number of anilines is 1. The van der Waals surface area contributed by atoms with Crippen molar-refractivity contribution in [2.24, 2.45) is 0 Å². The second-order valence-corrected chi connectivity index (χ2v) is 6.62. The molecule has 0 amide bonds. The number of benzene rings is 2. The summed E-state index contributed by atoms with van der Waals surface area (Å²) in [6, 6.07) is 13.8. The minimum absolute atomic E-state index is 0.201. The fourth-order valence-corrected chi connectivity index (χ4v) is 3.41. The quantitative estimate of drug-likeness (QED) is 0.731. The van der Waals surface area contributed by atoms with Crippen molar-refractivity contribution in [3.05, 3.63) is 65.6 Å². The number of carbonyl (C=O) groups excluding carboxylic acids is 1. The Morgan fingerprint density at radius 2 is 1.96 bits per heavy atom. The summed E-state index contributed by atoms with van der Waals surface area (Å²) >= 11 is 0. The Balaban J connectivity index is 1.94. The number of nitrogens with zero attached hydrogens (tertiary/aromatic N) is 3. The lowest BCUT2D eigenvalue weighted by atomic mass is 9.91. The standard InChI is InChI=1S/C20H20N4O2/c1-12(2)26-19(25)17-13(3)23-20-21-11-22-24(20)18(17)16-10-6-8-14-7-4-5-9-15(14)16/h4-12,18H,1-3H3,(H,21,22,23)/t18-/m0/s1. The molecular weight excluding hydrogens is 328 g/mol. The van der Waals surface area contributed by atoms with Crippen LogP contribution < -0.4 is 5.32 Å². The Hall–Kier alpha value is -3.15. The van der Waals surface area contributed by atoms with Gasteiger partial charge in [0.05, 0.1) is 11.7 Å². The number of ether oxygens (including phenoxy) is 1. The van der Waals surface area contributed by atoms with Crippen LogP contribution in [-0.2, 0) is 9.53 Å². The van der Waals surface area contributed by atoms with Gasteiger partial charge >= 0.3 is 5.97 Å². The Labute approximate surface area is 151 Å². The van der Waals surface area contributed by atoms with Crippen LogP contribution in [0.5, 0.6) is 0 Å². The van der Waals surface area contributed by atoms with Crippen molar-refractivity contribution in [1.29, 1.82) is 0 Å². The number of esters is 1. The van der Waals surface area contributed by atoms with Crippen molar-refractivity contribution < 1.29 is 9.53 Å². The summed E-state index contributed by atoms with van der Waals surface area (Å²) in [5, 5.41) is 9.71. The fourth-order valence-electron chi connectivity index (χ4n) is 3.41. The van der Waals surface area contributed by atoms with Gasteiger partial charge in [-0.3, -0.25) is 0 Å². The average Bonchev–Trinajstić information content (AvgIpc) is 3.07. The van der Waals surface area contributed by atoms with Crippen molar-refractivity contribution >= 4 is 22.7 Å². The van der Waals surface area contributed by atoms with Crippen LogP contribution in [0.1, 0.15) is 32.4 Å². The molecule has 0 saturated heterocycles. The highest BCUT2D eigenvalue weighted by Gasteiger charge is 2.35. The van der Waals surface area contributed by atoms with Crippen LogP contribution in [0.3, 0.4) is 0 Å². The normalized spacial score (nSPS) is 16.5. The maximum atomic E-state index is 12.9. The van der Waals surface area contributed by atoms with E-state index in [-0.39, 0.29) is 12.1 Å². The van der Waals surface area contributed by atoms with E-state index in [1.807, 2.05) is 45.0 Å². The van der Waals surface area contributed by atoms with E-state index in [2.05, 4.69) is 33.6 Å². The third-order valence-corrected chi connectivity index (χ3v) is 4.47. The van der Waals surface area contributed by atoms with Crippen molar-refractivity contribution in [2.45, 2.75) is 32.9 Å². The number of allylic oxidation sites excluding steroid dienone is 1. The van der Waals surface area contributed by atoms with Crippen LogP contribution in [0, 0.1) is 0 Å². The molecule has 26 heavy (non-hydrogen) atoms. The Morgan fingerprint density at radius 3 is 2.77 bits per heavy atom. The zero-order valence-corrected chi connectivity index (χ0v) is 14.9. The molecule has 1 aliphatic rings. The van der Waals surface area contributed by atoms with Gasteiger partial charge in [0.25, 0.3) is 0 Å². The van der Waals surface area contributed by atoms with E-state index in [0.29, 0.717) is 11.5 Å². The molecule has 0 unspecified atom stereocenters. The molecule has 0 spiro atoms. The molecule has 0 bridgehead atoms.